The first-order valence-electron chi connectivity index (χ1n) is 11.0. The van der Waals surface area contributed by atoms with E-state index in [1.165, 1.54) is 6.42 Å². The van der Waals surface area contributed by atoms with Crippen molar-refractivity contribution < 1.29 is 19.1 Å². The minimum atomic E-state index is -0.861. The molecule has 28 heavy (non-hydrogen) atoms. The smallest absolute Gasteiger partial charge is 0.434 e. The van der Waals surface area contributed by atoms with Crippen LogP contribution in [0.15, 0.2) is 36.5 Å². The molecule has 0 aromatic carbocycles. The monoisotopic (exact) mass is 392 g/mol. The zero-order chi connectivity index (χ0) is 20.7. The van der Waals surface area contributed by atoms with Gasteiger partial charge in [-0.2, -0.15) is 0 Å². The van der Waals surface area contributed by atoms with Crippen molar-refractivity contribution in [1.29, 1.82) is 0 Å². The summed E-state index contributed by atoms with van der Waals surface area (Å²) in [6.45, 7) is 4.54. The normalized spacial score (nSPS) is 11.6. The molecule has 0 N–H and O–H groups in total. The van der Waals surface area contributed by atoms with Crippen LogP contribution in [0.2, 0.25) is 0 Å². The van der Waals surface area contributed by atoms with Crippen molar-refractivity contribution in [2.24, 2.45) is 0 Å². The third kappa shape index (κ3) is 20.5. The van der Waals surface area contributed by atoms with Crippen molar-refractivity contribution in [3.8, 4) is 0 Å². The largest absolute Gasteiger partial charge is 0.516 e. The van der Waals surface area contributed by atoms with E-state index in [-0.39, 0.29) is 6.42 Å². The van der Waals surface area contributed by atoms with Gasteiger partial charge in [-0.1, -0.05) is 82.4 Å². The molecule has 0 radical (unpaired) electrons. The molecule has 0 aliphatic rings. The Morgan fingerprint density at radius 2 is 1.36 bits per heavy atom. The highest BCUT2D eigenvalue weighted by Gasteiger charge is 2.10. The van der Waals surface area contributed by atoms with Crippen LogP contribution in [0.25, 0.3) is 0 Å². The minimum Gasteiger partial charge on any atom is -0.434 e. The molecule has 0 saturated carbocycles. The van der Waals surface area contributed by atoms with E-state index in [0.717, 1.165) is 70.6 Å². The molecule has 160 valence electrons. The summed E-state index contributed by atoms with van der Waals surface area (Å²) in [5, 5.41) is 0. The molecule has 0 heterocycles. The average molecular weight is 393 g/mol. The summed E-state index contributed by atoms with van der Waals surface area (Å²) in [6.07, 6.45) is 25.0. The molecule has 0 aliphatic carbocycles. The van der Waals surface area contributed by atoms with E-state index in [2.05, 4.69) is 55.0 Å². The SMILES string of the molecule is CC/C=C\C/C=C\C/C=C\CCCCCCCC(=O)OC(=O)OCCCCC. The van der Waals surface area contributed by atoms with E-state index < -0.39 is 12.1 Å². The van der Waals surface area contributed by atoms with Crippen molar-refractivity contribution >= 4 is 12.1 Å². The molecule has 0 atom stereocenters. The summed E-state index contributed by atoms with van der Waals surface area (Å²) < 4.78 is 9.48. The first-order chi connectivity index (χ1) is 13.7. The minimum absolute atomic E-state index is 0.281. The Morgan fingerprint density at radius 1 is 0.714 bits per heavy atom. The highest BCUT2D eigenvalue weighted by atomic mass is 16.7. The molecular weight excluding hydrogens is 352 g/mol. The van der Waals surface area contributed by atoms with Crippen molar-refractivity contribution in [1.82, 2.24) is 0 Å². The maximum Gasteiger partial charge on any atom is 0.516 e. The summed E-state index contributed by atoms with van der Waals surface area (Å²) in [6, 6.07) is 0. The van der Waals surface area contributed by atoms with E-state index >= 15 is 0 Å². The number of unbranched alkanes of at least 4 members (excludes halogenated alkanes) is 7. The summed E-state index contributed by atoms with van der Waals surface area (Å²) >= 11 is 0. The van der Waals surface area contributed by atoms with Gasteiger partial charge in [-0.3, -0.25) is 4.79 Å². The summed E-state index contributed by atoms with van der Waals surface area (Å²) in [5.74, 6) is -0.485. The molecule has 0 saturated heterocycles. The number of carbonyl (C=O) groups excluding carboxylic acids is 2. The molecular formula is C24H40O4. The fraction of sp³-hybridized carbons (Fsp3) is 0.667. The van der Waals surface area contributed by atoms with Crippen LogP contribution in [-0.2, 0) is 14.3 Å². The standard InChI is InChI=1S/C24H40O4/c1-3-5-7-8-9-10-11-12-13-14-15-16-17-18-19-21-23(25)28-24(26)27-22-20-6-4-2/h5,7,9-10,12-13H,3-4,6,8,11,14-22H2,1-2H3/b7-5-,10-9-,13-12-. The molecule has 0 bridgehead atoms. The second-order valence-corrected chi connectivity index (χ2v) is 6.88. The molecule has 0 amide bonds. The average Bonchev–Trinajstić information content (AvgIpc) is 2.68. The number of esters is 1. The van der Waals surface area contributed by atoms with Crippen LogP contribution in [0.4, 0.5) is 4.79 Å². The summed E-state index contributed by atoms with van der Waals surface area (Å²) in [4.78, 5) is 22.8. The number of ether oxygens (including phenoxy) is 2. The Hall–Kier alpha value is -1.84. The van der Waals surface area contributed by atoms with E-state index in [0.29, 0.717) is 6.61 Å². The lowest BCUT2D eigenvalue weighted by molar-refractivity contribution is -0.139. The summed E-state index contributed by atoms with van der Waals surface area (Å²) in [7, 11) is 0. The van der Waals surface area contributed by atoms with Gasteiger partial charge in [0.05, 0.1) is 6.61 Å². The van der Waals surface area contributed by atoms with Crippen molar-refractivity contribution in [2.45, 2.75) is 97.3 Å². The van der Waals surface area contributed by atoms with E-state index in [1.807, 2.05) is 0 Å². The molecule has 0 fully saturated rings. The Kier molecular flexibility index (Phi) is 20.0. The van der Waals surface area contributed by atoms with Crippen molar-refractivity contribution in [3.05, 3.63) is 36.5 Å². The number of rotatable bonds is 17. The summed E-state index contributed by atoms with van der Waals surface area (Å²) in [5.41, 5.74) is 0. The number of carbonyl (C=O) groups is 2. The van der Waals surface area contributed by atoms with Gasteiger partial charge < -0.3 is 9.47 Å². The predicted molar refractivity (Wildman–Crippen MR) is 116 cm³/mol. The van der Waals surface area contributed by atoms with E-state index in [4.69, 9.17) is 4.74 Å². The second-order valence-electron chi connectivity index (χ2n) is 6.88. The first-order valence-corrected chi connectivity index (χ1v) is 11.0. The molecule has 0 spiro atoms. The topological polar surface area (TPSA) is 52.6 Å². The van der Waals surface area contributed by atoms with Gasteiger partial charge in [0.25, 0.3) is 0 Å². The highest BCUT2D eigenvalue weighted by molar-refractivity contribution is 5.81. The fourth-order valence-electron chi connectivity index (χ4n) is 2.57. The Morgan fingerprint density at radius 3 is 2.07 bits per heavy atom. The van der Waals surface area contributed by atoms with Crippen LogP contribution >= 0.6 is 0 Å². The van der Waals surface area contributed by atoms with Gasteiger partial charge in [-0.15, -0.1) is 0 Å². The molecule has 0 unspecified atom stereocenters. The lowest BCUT2D eigenvalue weighted by Gasteiger charge is -2.04. The predicted octanol–water partition coefficient (Wildman–Crippen LogP) is 7.45. The second kappa shape index (κ2) is 21.5. The van der Waals surface area contributed by atoms with Crippen LogP contribution < -0.4 is 0 Å². The fourth-order valence-corrected chi connectivity index (χ4v) is 2.57. The Bertz CT molecular complexity index is 463. The van der Waals surface area contributed by atoms with E-state index in [9.17, 15) is 9.59 Å². The van der Waals surface area contributed by atoms with Crippen LogP contribution in [-0.4, -0.2) is 18.7 Å². The van der Waals surface area contributed by atoms with Gasteiger partial charge in [0.1, 0.15) is 0 Å². The van der Waals surface area contributed by atoms with Crippen LogP contribution in [0.1, 0.15) is 97.3 Å². The molecule has 4 heteroatoms. The van der Waals surface area contributed by atoms with Crippen LogP contribution in [0, 0.1) is 0 Å². The number of allylic oxidation sites excluding steroid dienone is 6. The van der Waals surface area contributed by atoms with Gasteiger partial charge in [-0.05, 0) is 44.9 Å². The van der Waals surface area contributed by atoms with Crippen molar-refractivity contribution in [3.63, 3.8) is 0 Å². The quantitative estimate of drug-likeness (QED) is 0.112. The van der Waals surface area contributed by atoms with Gasteiger partial charge in [-0.25, -0.2) is 4.79 Å². The molecule has 0 aromatic heterocycles. The number of hydrogen-bond donors (Lipinski definition) is 0. The lowest BCUT2D eigenvalue weighted by atomic mass is 10.1. The zero-order valence-corrected chi connectivity index (χ0v) is 18.0. The Labute approximate surface area is 172 Å². The molecule has 0 aliphatic heterocycles. The Balaban J connectivity index is 3.42. The van der Waals surface area contributed by atoms with Gasteiger partial charge in [0.2, 0.25) is 0 Å². The maximum atomic E-state index is 11.5. The first kappa shape index (κ1) is 26.2. The maximum absolute atomic E-state index is 11.5. The van der Waals surface area contributed by atoms with Crippen LogP contribution in [0.5, 0.6) is 0 Å². The van der Waals surface area contributed by atoms with Gasteiger partial charge in [0.15, 0.2) is 0 Å². The molecule has 4 nitrogen and oxygen atoms in total. The molecule has 0 aromatic rings. The zero-order valence-electron chi connectivity index (χ0n) is 18.0. The van der Waals surface area contributed by atoms with Crippen molar-refractivity contribution in [2.75, 3.05) is 6.61 Å². The lowest BCUT2D eigenvalue weighted by Crippen LogP contribution is -2.14. The third-order valence-corrected chi connectivity index (χ3v) is 4.20. The van der Waals surface area contributed by atoms with Gasteiger partial charge in [0, 0.05) is 6.42 Å². The number of hydrogen-bond acceptors (Lipinski definition) is 4. The van der Waals surface area contributed by atoms with Crippen LogP contribution in [0.3, 0.4) is 0 Å². The van der Waals surface area contributed by atoms with Gasteiger partial charge >= 0.3 is 12.1 Å². The molecule has 0 rings (SSSR count). The highest BCUT2D eigenvalue weighted by Crippen LogP contribution is 2.09. The third-order valence-electron chi connectivity index (χ3n) is 4.20. The van der Waals surface area contributed by atoms with E-state index in [1.54, 1.807) is 0 Å².